The summed E-state index contributed by atoms with van der Waals surface area (Å²) in [6.07, 6.45) is 76.1. The molecule has 6 nitrogen and oxygen atoms in total. The monoisotopic (exact) mass is 1020 g/mol. The molecule has 0 heterocycles. The van der Waals surface area contributed by atoms with Crippen LogP contribution in [0.1, 0.15) is 355 Å². The molecule has 0 aliphatic carbocycles. The highest BCUT2D eigenvalue weighted by Crippen LogP contribution is 2.18. The summed E-state index contributed by atoms with van der Waals surface area (Å²) in [7, 11) is 0. The van der Waals surface area contributed by atoms with Crippen molar-refractivity contribution in [3.05, 3.63) is 36.5 Å². The minimum absolute atomic E-state index is 0.0744. The Bertz CT molecular complexity index is 1220. The maximum absolute atomic E-state index is 12.9. The summed E-state index contributed by atoms with van der Waals surface area (Å²) < 4.78 is 16.9. The topological polar surface area (TPSA) is 78.9 Å². The van der Waals surface area contributed by atoms with Gasteiger partial charge in [0.15, 0.2) is 6.10 Å². The minimum atomic E-state index is -0.777. The number of esters is 3. The van der Waals surface area contributed by atoms with Crippen molar-refractivity contribution in [1.29, 1.82) is 0 Å². The number of hydrogen-bond acceptors (Lipinski definition) is 6. The van der Waals surface area contributed by atoms with E-state index in [0.717, 1.165) is 83.5 Å². The molecule has 0 spiro atoms. The van der Waals surface area contributed by atoms with Crippen LogP contribution in [0.3, 0.4) is 0 Å². The lowest BCUT2D eigenvalue weighted by Crippen LogP contribution is -2.30. The van der Waals surface area contributed by atoms with Crippen LogP contribution in [0.5, 0.6) is 0 Å². The Kier molecular flexibility index (Phi) is 60.2. The third-order valence-corrected chi connectivity index (χ3v) is 14.6. The van der Waals surface area contributed by atoms with Crippen molar-refractivity contribution in [2.24, 2.45) is 0 Å². The molecular weight excluding hydrogens is 901 g/mol. The first-order chi connectivity index (χ1) is 36.0. The van der Waals surface area contributed by atoms with Gasteiger partial charge in [-0.05, 0) is 70.6 Å². The smallest absolute Gasteiger partial charge is 0.306 e. The molecule has 73 heavy (non-hydrogen) atoms. The number of carbonyl (C=O) groups is 3. The van der Waals surface area contributed by atoms with Gasteiger partial charge in [-0.3, -0.25) is 14.4 Å². The second kappa shape index (κ2) is 62.2. The summed E-state index contributed by atoms with van der Waals surface area (Å²) in [4.78, 5) is 38.2. The third kappa shape index (κ3) is 60.4. The van der Waals surface area contributed by atoms with E-state index in [2.05, 4.69) is 57.2 Å². The van der Waals surface area contributed by atoms with Gasteiger partial charge in [-0.2, -0.15) is 0 Å². The molecule has 0 aromatic heterocycles. The fraction of sp³-hybridized carbons (Fsp3) is 0.866. The second-order valence-electron chi connectivity index (χ2n) is 22.0. The zero-order valence-corrected chi connectivity index (χ0v) is 49.2. The summed E-state index contributed by atoms with van der Waals surface area (Å²) >= 11 is 0. The van der Waals surface area contributed by atoms with Crippen LogP contribution < -0.4 is 0 Å². The fourth-order valence-corrected chi connectivity index (χ4v) is 9.71. The van der Waals surface area contributed by atoms with Crippen LogP contribution in [0.25, 0.3) is 0 Å². The van der Waals surface area contributed by atoms with Crippen LogP contribution in [0.15, 0.2) is 36.5 Å². The van der Waals surface area contributed by atoms with Crippen molar-refractivity contribution < 1.29 is 28.6 Å². The van der Waals surface area contributed by atoms with Gasteiger partial charge in [-0.15, -0.1) is 0 Å². The Morgan fingerprint density at radius 2 is 0.521 bits per heavy atom. The fourth-order valence-electron chi connectivity index (χ4n) is 9.71. The molecule has 0 saturated heterocycles. The van der Waals surface area contributed by atoms with E-state index in [-0.39, 0.29) is 31.1 Å². The first-order valence-corrected chi connectivity index (χ1v) is 32.5. The van der Waals surface area contributed by atoms with E-state index in [1.165, 1.54) is 231 Å². The molecular formula is C67H124O6. The molecule has 0 radical (unpaired) electrons. The van der Waals surface area contributed by atoms with Gasteiger partial charge in [-0.1, -0.05) is 301 Å². The molecule has 0 aliphatic heterocycles. The van der Waals surface area contributed by atoms with E-state index in [9.17, 15) is 14.4 Å². The van der Waals surface area contributed by atoms with Gasteiger partial charge < -0.3 is 14.2 Å². The number of unbranched alkanes of at least 4 members (excludes halogenated alkanes) is 43. The van der Waals surface area contributed by atoms with Gasteiger partial charge in [0.1, 0.15) is 13.2 Å². The average Bonchev–Trinajstić information content (AvgIpc) is 3.39. The van der Waals surface area contributed by atoms with Gasteiger partial charge in [0.25, 0.3) is 0 Å². The zero-order valence-electron chi connectivity index (χ0n) is 49.2. The Balaban J connectivity index is 4.12. The van der Waals surface area contributed by atoms with Crippen LogP contribution in [0.2, 0.25) is 0 Å². The number of hydrogen-bond donors (Lipinski definition) is 0. The van der Waals surface area contributed by atoms with Crippen molar-refractivity contribution in [1.82, 2.24) is 0 Å². The van der Waals surface area contributed by atoms with E-state index in [1.54, 1.807) is 0 Å². The molecule has 0 aliphatic rings. The van der Waals surface area contributed by atoms with Crippen molar-refractivity contribution in [3.8, 4) is 0 Å². The van der Waals surface area contributed by atoms with Gasteiger partial charge in [0, 0.05) is 19.3 Å². The molecule has 0 fully saturated rings. The summed E-state index contributed by atoms with van der Waals surface area (Å²) in [6, 6.07) is 0. The maximum atomic E-state index is 12.9. The van der Waals surface area contributed by atoms with Crippen LogP contribution in [-0.4, -0.2) is 37.2 Å². The standard InChI is InChI=1S/C67H124O6/c1-4-7-10-13-16-19-22-24-26-28-29-30-31-32-33-34-35-36-37-38-40-41-43-45-48-51-54-57-60-66(69)72-63-64(62-71-65(68)59-56-53-50-47-21-18-15-12-9-6-3)73-67(70)61-58-55-52-49-46-44-42-39-27-25-23-20-17-14-11-8-5-2/h12,15,17,20,25,27,64H,4-11,13-14,16,18-19,21-24,26,28-63H2,1-3H3/b15-12-,20-17-,27-25-. The molecule has 0 aromatic rings. The van der Waals surface area contributed by atoms with E-state index < -0.39 is 6.10 Å². The van der Waals surface area contributed by atoms with E-state index in [1.807, 2.05) is 0 Å². The summed E-state index contributed by atoms with van der Waals surface area (Å²) in [5.74, 6) is -0.874. The molecule has 0 rings (SSSR count). The van der Waals surface area contributed by atoms with Crippen LogP contribution in [-0.2, 0) is 28.6 Å². The van der Waals surface area contributed by atoms with Crippen LogP contribution in [0.4, 0.5) is 0 Å². The molecule has 0 N–H and O–H groups in total. The minimum Gasteiger partial charge on any atom is -0.462 e. The number of carbonyl (C=O) groups excluding carboxylic acids is 3. The molecule has 0 aromatic carbocycles. The van der Waals surface area contributed by atoms with Crippen LogP contribution in [0, 0.1) is 0 Å². The lowest BCUT2D eigenvalue weighted by molar-refractivity contribution is -0.167. The van der Waals surface area contributed by atoms with Gasteiger partial charge >= 0.3 is 17.9 Å². The van der Waals surface area contributed by atoms with Gasteiger partial charge in [0.05, 0.1) is 0 Å². The molecule has 428 valence electrons. The lowest BCUT2D eigenvalue weighted by atomic mass is 10.0. The summed E-state index contributed by atoms with van der Waals surface area (Å²) in [5.41, 5.74) is 0. The quantitative estimate of drug-likeness (QED) is 0.0261. The van der Waals surface area contributed by atoms with Crippen molar-refractivity contribution in [2.45, 2.75) is 361 Å². The van der Waals surface area contributed by atoms with E-state index in [0.29, 0.717) is 19.3 Å². The SMILES string of the molecule is CCC/C=C\CCCCCCCC(=O)OCC(COC(=O)CCCCCCCCCCCCCCCCCCCCCCCCCCCCCC)OC(=O)CCCCCCCCC/C=C\C/C=C\CCCCC. The molecule has 1 unspecified atom stereocenters. The highest BCUT2D eigenvalue weighted by atomic mass is 16.6. The molecule has 0 amide bonds. The first-order valence-electron chi connectivity index (χ1n) is 32.5. The predicted octanol–water partition coefficient (Wildman–Crippen LogP) is 22.0. The van der Waals surface area contributed by atoms with Gasteiger partial charge in [0.2, 0.25) is 0 Å². The summed E-state index contributed by atoms with van der Waals surface area (Å²) in [6.45, 7) is 6.59. The van der Waals surface area contributed by atoms with E-state index in [4.69, 9.17) is 14.2 Å². The van der Waals surface area contributed by atoms with E-state index >= 15 is 0 Å². The predicted molar refractivity (Wildman–Crippen MR) is 316 cm³/mol. The molecule has 1 atom stereocenters. The largest absolute Gasteiger partial charge is 0.462 e. The Morgan fingerprint density at radius 3 is 0.849 bits per heavy atom. The number of rotatable bonds is 60. The zero-order chi connectivity index (χ0) is 52.9. The Labute approximate surface area is 455 Å². The first kappa shape index (κ1) is 70.6. The normalized spacial score (nSPS) is 12.2. The highest BCUT2D eigenvalue weighted by Gasteiger charge is 2.19. The average molecular weight is 1030 g/mol. The Morgan fingerprint density at radius 1 is 0.274 bits per heavy atom. The maximum Gasteiger partial charge on any atom is 0.306 e. The van der Waals surface area contributed by atoms with Crippen molar-refractivity contribution in [3.63, 3.8) is 0 Å². The van der Waals surface area contributed by atoms with Crippen molar-refractivity contribution >= 4 is 17.9 Å². The molecule has 0 saturated carbocycles. The van der Waals surface area contributed by atoms with Crippen LogP contribution >= 0.6 is 0 Å². The number of ether oxygens (including phenoxy) is 3. The third-order valence-electron chi connectivity index (χ3n) is 14.6. The molecule has 6 heteroatoms. The van der Waals surface area contributed by atoms with Crippen molar-refractivity contribution in [2.75, 3.05) is 13.2 Å². The Hall–Kier alpha value is -2.37. The summed E-state index contributed by atoms with van der Waals surface area (Å²) in [5, 5.41) is 0. The molecule has 0 bridgehead atoms. The lowest BCUT2D eigenvalue weighted by Gasteiger charge is -2.18. The second-order valence-corrected chi connectivity index (χ2v) is 22.0. The highest BCUT2D eigenvalue weighted by molar-refractivity contribution is 5.71. The van der Waals surface area contributed by atoms with Gasteiger partial charge in [-0.25, -0.2) is 0 Å². The number of allylic oxidation sites excluding steroid dienone is 6.